The van der Waals surface area contributed by atoms with Crippen LogP contribution in [-0.2, 0) is 0 Å². The van der Waals surface area contributed by atoms with Crippen molar-refractivity contribution >= 4 is 43.1 Å². The van der Waals surface area contributed by atoms with Crippen LogP contribution >= 0.6 is 22.7 Å². The largest absolute Gasteiger partial charge is 0.251 e. The normalized spacial score (nSPS) is 11.5. The maximum atomic E-state index is 4.79. The van der Waals surface area contributed by atoms with E-state index in [1.807, 2.05) is 50.2 Å². The number of pyridine rings is 2. The maximum absolute atomic E-state index is 4.79. The van der Waals surface area contributed by atoms with Gasteiger partial charge in [-0.25, -0.2) is 9.97 Å². The Balaban J connectivity index is 1.63. The number of fused-ring (bicyclic) bond motifs is 2. The highest BCUT2D eigenvalue weighted by Gasteiger charge is 2.13. The van der Waals surface area contributed by atoms with Gasteiger partial charge in [0.25, 0.3) is 0 Å². The third kappa shape index (κ3) is 2.67. The highest BCUT2D eigenvalue weighted by molar-refractivity contribution is 7.23. The highest BCUT2D eigenvalue weighted by atomic mass is 32.1. The van der Waals surface area contributed by atoms with Crippen LogP contribution in [0.4, 0.5) is 0 Å². The minimum absolute atomic E-state index is 0.923. The molecule has 0 radical (unpaired) electrons. The van der Waals surface area contributed by atoms with Crippen LogP contribution < -0.4 is 0 Å². The molecule has 1 aromatic carbocycles. The van der Waals surface area contributed by atoms with E-state index in [9.17, 15) is 0 Å². The Bertz CT molecular complexity index is 1120. The molecule has 5 rings (SSSR count). The van der Waals surface area contributed by atoms with Crippen LogP contribution in [0.15, 0.2) is 48.5 Å². The van der Waals surface area contributed by atoms with Crippen molar-refractivity contribution < 1.29 is 0 Å². The molecule has 0 unspecified atom stereocenters. The fourth-order valence-electron chi connectivity index (χ4n) is 2.89. The molecule has 4 nitrogen and oxygen atoms in total. The summed E-state index contributed by atoms with van der Waals surface area (Å²) >= 11 is 3.31. The van der Waals surface area contributed by atoms with Crippen LogP contribution in [0.5, 0.6) is 0 Å². The van der Waals surface area contributed by atoms with E-state index in [0.29, 0.717) is 0 Å². The van der Waals surface area contributed by atoms with E-state index in [1.54, 1.807) is 22.7 Å². The minimum atomic E-state index is 0.923. The second-order valence-electron chi connectivity index (χ2n) is 6.15. The third-order valence-corrected chi connectivity index (χ3v) is 6.19. The molecule has 126 valence electrons. The molecule has 6 heteroatoms. The molecule has 4 aromatic heterocycles. The Morgan fingerprint density at radius 3 is 1.50 bits per heavy atom. The molecule has 0 saturated carbocycles. The van der Waals surface area contributed by atoms with Crippen LogP contribution in [0.3, 0.4) is 0 Å². The summed E-state index contributed by atoms with van der Waals surface area (Å²) in [6.45, 7) is 4.00. The van der Waals surface area contributed by atoms with E-state index in [0.717, 1.165) is 53.2 Å². The molecule has 0 bridgehead atoms. The molecule has 0 saturated heterocycles. The summed E-state index contributed by atoms with van der Waals surface area (Å²) in [5.41, 5.74) is 5.83. The molecular formula is C20H14N4S2. The first-order valence-corrected chi connectivity index (χ1v) is 9.88. The predicted molar refractivity (Wildman–Crippen MR) is 109 cm³/mol. The van der Waals surface area contributed by atoms with E-state index in [2.05, 4.69) is 22.1 Å². The molecule has 0 fully saturated rings. The molecule has 0 aliphatic carbocycles. The van der Waals surface area contributed by atoms with E-state index in [4.69, 9.17) is 9.97 Å². The van der Waals surface area contributed by atoms with Crippen LogP contribution in [-0.4, -0.2) is 19.9 Å². The molecule has 5 aromatic rings. The Hall–Kier alpha value is -2.70. The van der Waals surface area contributed by atoms with Gasteiger partial charge in [0, 0.05) is 11.4 Å². The summed E-state index contributed by atoms with van der Waals surface area (Å²) in [4.78, 5) is 18.7. The first kappa shape index (κ1) is 15.5. The number of benzene rings is 1. The van der Waals surface area contributed by atoms with Crippen molar-refractivity contribution in [3.63, 3.8) is 0 Å². The second kappa shape index (κ2) is 5.93. The summed E-state index contributed by atoms with van der Waals surface area (Å²) in [5.74, 6) is 0. The minimum Gasteiger partial charge on any atom is -0.251 e. The van der Waals surface area contributed by atoms with Gasteiger partial charge in [0.05, 0.1) is 31.8 Å². The van der Waals surface area contributed by atoms with Crippen molar-refractivity contribution in [2.24, 2.45) is 0 Å². The summed E-state index contributed by atoms with van der Waals surface area (Å²) in [5, 5.41) is 1.89. The molecule has 0 N–H and O–H groups in total. The molecule has 0 aliphatic heterocycles. The lowest BCUT2D eigenvalue weighted by Gasteiger charge is -1.95. The molecule has 0 aliphatic rings. The average Bonchev–Trinajstić information content (AvgIpc) is 3.22. The van der Waals surface area contributed by atoms with Gasteiger partial charge in [0.1, 0.15) is 10.0 Å². The summed E-state index contributed by atoms with van der Waals surface area (Å²) in [6.07, 6.45) is 0. The van der Waals surface area contributed by atoms with Gasteiger partial charge in [0.2, 0.25) is 0 Å². The van der Waals surface area contributed by atoms with Crippen LogP contribution in [0.25, 0.3) is 41.8 Å². The predicted octanol–water partition coefficient (Wildman–Crippen LogP) is 5.65. The summed E-state index contributed by atoms with van der Waals surface area (Å²) < 4.78 is 2.26. The van der Waals surface area contributed by atoms with Gasteiger partial charge in [-0.3, -0.25) is 9.97 Å². The zero-order valence-electron chi connectivity index (χ0n) is 14.2. The second-order valence-corrected chi connectivity index (χ2v) is 8.22. The van der Waals surface area contributed by atoms with Gasteiger partial charge < -0.3 is 0 Å². The summed E-state index contributed by atoms with van der Waals surface area (Å²) in [7, 11) is 0. The van der Waals surface area contributed by atoms with Gasteiger partial charge in [-0.05, 0) is 50.2 Å². The fraction of sp³-hybridized carbons (Fsp3) is 0.100. The smallest absolute Gasteiger partial charge is 0.143 e. The van der Waals surface area contributed by atoms with Gasteiger partial charge in [-0.15, -0.1) is 22.7 Å². The SMILES string of the molecule is Cc1cccc(-c2nc3cc4sc(-c5cccc(C)n5)nc4cc3s2)n1. The molecule has 0 atom stereocenters. The van der Waals surface area contributed by atoms with E-state index >= 15 is 0 Å². The van der Waals surface area contributed by atoms with Gasteiger partial charge >= 0.3 is 0 Å². The van der Waals surface area contributed by atoms with Crippen LogP contribution in [0.2, 0.25) is 0 Å². The Morgan fingerprint density at radius 1 is 0.615 bits per heavy atom. The number of aromatic nitrogens is 4. The number of aryl methyl sites for hydroxylation is 2. The molecule has 4 heterocycles. The number of rotatable bonds is 2. The zero-order chi connectivity index (χ0) is 17.7. The van der Waals surface area contributed by atoms with Crippen molar-refractivity contribution in [2.45, 2.75) is 13.8 Å². The number of hydrogen-bond donors (Lipinski definition) is 0. The van der Waals surface area contributed by atoms with E-state index < -0.39 is 0 Å². The van der Waals surface area contributed by atoms with Gasteiger partial charge in [0.15, 0.2) is 0 Å². The third-order valence-electron chi connectivity index (χ3n) is 4.11. The van der Waals surface area contributed by atoms with E-state index in [1.165, 1.54) is 0 Å². The highest BCUT2D eigenvalue weighted by Crippen LogP contribution is 2.36. The topological polar surface area (TPSA) is 51.6 Å². The van der Waals surface area contributed by atoms with Crippen LogP contribution in [0.1, 0.15) is 11.4 Å². The van der Waals surface area contributed by atoms with Crippen molar-refractivity contribution in [2.75, 3.05) is 0 Å². The Labute approximate surface area is 158 Å². The molecule has 0 amide bonds. The first-order chi connectivity index (χ1) is 12.7. The quantitative estimate of drug-likeness (QED) is 0.401. The van der Waals surface area contributed by atoms with Crippen molar-refractivity contribution in [1.29, 1.82) is 0 Å². The van der Waals surface area contributed by atoms with Crippen molar-refractivity contribution in [3.05, 3.63) is 59.9 Å². The summed E-state index contributed by atoms with van der Waals surface area (Å²) in [6, 6.07) is 16.3. The first-order valence-electron chi connectivity index (χ1n) is 8.25. The molecule has 0 spiro atoms. The van der Waals surface area contributed by atoms with Gasteiger partial charge in [-0.2, -0.15) is 0 Å². The van der Waals surface area contributed by atoms with Crippen molar-refractivity contribution in [1.82, 2.24) is 19.9 Å². The number of nitrogens with zero attached hydrogens (tertiary/aromatic N) is 4. The number of thiazole rings is 2. The van der Waals surface area contributed by atoms with Gasteiger partial charge in [-0.1, -0.05) is 12.1 Å². The fourth-order valence-corrected chi connectivity index (χ4v) is 4.79. The zero-order valence-corrected chi connectivity index (χ0v) is 15.9. The standard InChI is InChI=1S/C20H14N4S2/c1-11-5-3-7-13(21-11)19-23-15-9-18-16(10-17(15)25-19)24-20(26-18)14-8-4-6-12(2)22-14/h3-10H,1-2H3. The lowest BCUT2D eigenvalue weighted by Crippen LogP contribution is -1.84. The number of hydrogen-bond acceptors (Lipinski definition) is 6. The lowest BCUT2D eigenvalue weighted by atomic mass is 10.3. The van der Waals surface area contributed by atoms with Crippen LogP contribution in [0, 0.1) is 13.8 Å². The average molecular weight is 374 g/mol. The molecular weight excluding hydrogens is 360 g/mol. The Morgan fingerprint density at radius 2 is 1.08 bits per heavy atom. The van der Waals surface area contributed by atoms with Crippen molar-refractivity contribution in [3.8, 4) is 21.4 Å². The monoisotopic (exact) mass is 374 g/mol. The van der Waals surface area contributed by atoms with E-state index in [-0.39, 0.29) is 0 Å². The maximum Gasteiger partial charge on any atom is 0.143 e. The molecule has 26 heavy (non-hydrogen) atoms. The Kier molecular flexibility index (Phi) is 3.55. The lowest BCUT2D eigenvalue weighted by molar-refractivity contribution is 1.20.